The molecular weight excluding hydrogens is 398 g/mol. The third kappa shape index (κ3) is 3.70. The van der Waals surface area contributed by atoms with Crippen molar-refractivity contribution in [2.24, 2.45) is 0 Å². The fraction of sp³-hybridized carbons (Fsp3) is 0.273. The number of amides is 1. The molecule has 30 heavy (non-hydrogen) atoms. The average Bonchev–Trinajstić information content (AvgIpc) is 3.16. The molecule has 2 aromatic carbocycles. The number of aryl methyl sites for hydroxylation is 3. The smallest absolute Gasteiger partial charge is 0.262 e. The van der Waals surface area contributed by atoms with Crippen LogP contribution in [0.2, 0.25) is 0 Å². The Morgan fingerprint density at radius 2 is 1.93 bits per heavy atom. The summed E-state index contributed by atoms with van der Waals surface area (Å²) in [6.45, 7) is 6.57. The van der Waals surface area contributed by atoms with E-state index >= 15 is 0 Å². The molecule has 0 bridgehead atoms. The first-order valence-electron chi connectivity index (χ1n) is 9.86. The van der Waals surface area contributed by atoms with Crippen molar-refractivity contribution in [3.8, 4) is 0 Å². The zero-order chi connectivity index (χ0) is 21.3. The molecule has 0 aliphatic carbocycles. The van der Waals surface area contributed by atoms with E-state index in [1.807, 2.05) is 67.6 Å². The molecule has 8 heteroatoms. The van der Waals surface area contributed by atoms with Gasteiger partial charge in [-0.05, 0) is 44.0 Å². The molecule has 0 saturated heterocycles. The third-order valence-electron chi connectivity index (χ3n) is 4.91. The molecule has 154 valence electrons. The van der Waals surface area contributed by atoms with E-state index in [-0.39, 0.29) is 17.2 Å². The second kappa shape index (κ2) is 8.31. The number of nitrogens with one attached hydrogen (secondary N) is 1. The number of benzene rings is 2. The highest BCUT2D eigenvalue weighted by Gasteiger charge is 2.17. The molecule has 7 nitrogen and oxygen atoms in total. The predicted octanol–water partition coefficient (Wildman–Crippen LogP) is 3.80. The van der Waals surface area contributed by atoms with Crippen LogP contribution in [0.1, 0.15) is 24.5 Å². The Bertz CT molecular complexity index is 1310. The van der Waals surface area contributed by atoms with E-state index in [0.717, 1.165) is 28.8 Å². The number of anilines is 1. The highest BCUT2D eigenvalue weighted by molar-refractivity contribution is 7.99. The molecule has 0 spiro atoms. The number of carbonyl (C=O) groups is 1. The fourth-order valence-electron chi connectivity index (χ4n) is 3.52. The van der Waals surface area contributed by atoms with Crippen LogP contribution in [0.25, 0.3) is 16.7 Å². The highest BCUT2D eigenvalue weighted by Crippen LogP contribution is 2.22. The molecule has 0 unspecified atom stereocenters. The van der Waals surface area contributed by atoms with Gasteiger partial charge in [-0.15, -0.1) is 10.2 Å². The minimum absolute atomic E-state index is 0.0727. The Hall–Kier alpha value is -3.13. The molecule has 4 aromatic rings. The maximum atomic E-state index is 12.9. The van der Waals surface area contributed by atoms with Gasteiger partial charge in [-0.2, -0.15) is 0 Å². The second-order valence-electron chi connectivity index (χ2n) is 7.25. The van der Waals surface area contributed by atoms with Gasteiger partial charge in [-0.3, -0.25) is 18.6 Å². The summed E-state index contributed by atoms with van der Waals surface area (Å²) in [5.41, 5.74) is 3.65. The second-order valence-corrected chi connectivity index (χ2v) is 8.19. The summed E-state index contributed by atoms with van der Waals surface area (Å²) < 4.78 is 3.51. The van der Waals surface area contributed by atoms with E-state index in [0.29, 0.717) is 22.9 Å². The Balaban J connectivity index is 1.65. The first-order chi connectivity index (χ1) is 14.5. The number of para-hydroxylation sites is 1. The van der Waals surface area contributed by atoms with Crippen molar-refractivity contribution in [1.29, 1.82) is 0 Å². The maximum Gasteiger partial charge on any atom is 0.262 e. The van der Waals surface area contributed by atoms with Crippen LogP contribution in [-0.2, 0) is 11.3 Å². The number of carbonyl (C=O) groups excluding carboxylic acids is 1. The van der Waals surface area contributed by atoms with Crippen LogP contribution in [0.5, 0.6) is 0 Å². The van der Waals surface area contributed by atoms with Crippen LogP contribution in [0.4, 0.5) is 5.69 Å². The molecule has 0 aliphatic rings. The zero-order valence-corrected chi connectivity index (χ0v) is 18.0. The summed E-state index contributed by atoms with van der Waals surface area (Å²) in [4.78, 5) is 25.4. The van der Waals surface area contributed by atoms with Crippen molar-refractivity contribution in [3.63, 3.8) is 0 Å². The number of hydrogen-bond donors (Lipinski definition) is 1. The largest absolute Gasteiger partial charge is 0.325 e. The van der Waals surface area contributed by atoms with Gasteiger partial charge in [-0.1, -0.05) is 48.5 Å². The Morgan fingerprint density at radius 1 is 1.13 bits per heavy atom. The lowest BCUT2D eigenvalue weighted by Gasteiger charge is -2.11. The van der Waals surface area contributed by atoms with Crippen LogP contribution in [0.3, 0.4) is 0 Å². The van der Waals surface area contributed by atoms with Crippen molar-refractivity contribution in [2.45, 2.75) is 38.9 Å². The third-order valence-corrected chi connectivity index (χ3v) is 5.84. The predicted molar refractivity (Wildman–Crippen MR) is 120 cm³/mol. The SMILES string of the molecule is CCCn1c(=O)c2ccccc2n2c(SCC(=O)Nc3ccc(C)cc3C)nnc12. The molecule has 2 heterocycles. The topological polar surface area (TPSA) is 81.3 Å². The summed E-state index contributed by atoms with van der Waals surface area (Å²) >= 11 is 1.30. The molecule has 0 saturated carbocycles. The van der Waals surface area contributed by atoms with Gasteiger partial charge in [0.2, 0.25) is 11.7 Å². The summed E-state index contributed by atoms with van der Waals surface area (Å²) in [6.07, 6.45) is 0.807. The van der Waals surface area contributed by atoms with Gasteiger partial charge >= 0.3 is 0 Å². The minimum atomic E-state index is -0.116. The summed E-state index contributed by atoms with van der Waals surface area (Å²) in [5, 5.41) is 12.7. The van der Waals surface area contributed by atoms with Gasteiger partial charge in [0.05, 0.1) is 16.7 Å². The highest BCUT2D eigenvalue weighted by atomic mass is 32.2. The van der Waals surface area contributed by atoms with Gasteiger partial charge in [0, 0.05) is 12.2 Å². The van der Waals surface area contributed by atoms with E-state index in [1.54, 1.807) is 4.57 Å². The van der Waals surface area contributed by atoms with Crippen LogP contribution in [0.15, 0.2) is 52.4 Å². The molecule has 0 atom stereocenters. The molecule has 0 aliphatic heterocycles. The van der Waals surface area contributed by atoms with Crippen LogP contribution in [0, 0.1) is 13.8 Å². The molecule has 2 aromatic heterocycles. The monoisotopic (exact) mass is 421 g/mol. The lowest BCUT2D eigenvalue weighted by Crippen LogP contribution is -2.23. The summed E-state index contributed by atoms with van der Waals surface area (Å²) in [6, 6.07) is 13.3. The van der Waals surface area contributed by atoms with Crippen LogP contribution < -0.4 is 10.9 Å². The first kappa shape index (κ1) is 20.2. The van der Waals surface area contributed by atoms with Gasteiger partial charge in [-0.25, -0.2) is 0 Å². The van der Waals surface area contributed by atoms with Crippen LogP contribution >= 0.6 is 11.8 Å². The molecule has 1 amide bonds. The molecule has 4 rings (SSSR count). The fourth-order valence-corrected chi connectivity index (χ4v) is 4.26. The molecule has 0 radical (unpaired) electrons. The van der Waals surface area contributed by atoms with Gasteiger partial charge in [0.15, 0.2) is 5.16 Å². The molecule has 1 N–H and O–H groups in total. The van der Waals surface area contributed by atoms with Crippen molar-refractivity contribution >= 4 is 40.0 Å². The summed E-state index contributed by atoms with van der Waals surface area (Å²) in [5.74, 6) is 0.572. The number of fused-ring (bicyclic) bond motifs is 3. The van der Waals surface area contributed by atoms with Gasteiger partial charge in [0.25, 0.3) is 5.56 Å². The number of aromatic nitrogens is 4. The average molecular weight is 422 g/mol. The number of hydrogen-bond acceptors (Lipinski definition) is 5. The van der Waals surface area contributed by atoms with Gasteiger partial charge < -0.3 is 5.32 Å². The number of nitrogens with zero attached hydrogens (tertiary/aromatic N) is 4. The van der Waals surface area contributed by atoms with Gasteiger partial charge in [0.1, 0.15) is 0 Å². The van der Waals surface area contributed by atoms with Crippen molar-refractivity contribution < 1.29 is 4.79 Å². The maximum absolute atomic E-state index is 12.9. The molecular formula is C22H23N5O2S. The Labute approximate surface area is 178 Å². The minimum Gasteiger partial charge on any atom is -0.325 e. The first-order valence-corrected chi connectivity index (χ1v) is 10.8. The Kier molecular flexibility index (Phi) is 5.59. The lowest BCUT2D eigenvalue weighted by molar-refractivity contribution is -0.113. The number of rotatable bonds is 6. The van der Waals surface area contributed by atoms with Crippen molar-refractivity contribution in [2.75, 3.05) is 11.1 Å². The lowest BCUT2D eigenvalue weighted by atomic mass is 10.1. The van der Waals surface area contributed by atoms with E-state index in [2.05, 4.69) is 15.5 Å². The van der Waals surface area contributed by atoms with Crippen LogP contribution in [-0.4, -0.2) is 30.8 Å². The van der Waals surface area contributed by atoms with E-state index in [1.165, 1.54) is 11.8 Å². The summed E-state index contributed by atoms with van der Waals surface area (Å²) in [7, 11) is 0. The number of thioether (sulfide) groups is 1. The van der Waals surface area contributed by atoms with Crippen molar-refractivity contribution in [1.82, 2.24) is 19.2 Å². The quantitative estimate of drug-likeness (QED) is 0.479. The van der Waals surface area contributed by atoms with E-state index in [9.17, 15) is 9.59 Å². The normalized spacial score (nSPS) is 11.3. The van der Waals surface area contributed by atoms with E-state index in [4.69, 9.17) is 0 Å². The standard InChI is InChI=1S/C22H23N5O2S/c1-4-11-26-20(29)16-7-5-6-8-18(16)27-21(26)24-25-22(27)30-13-19(28)23-17-10-9-14(2)12-15(17)3/h5-10,12H,4,11,13H2,1-3H3,(H,23,28). The zero-order valence-electron chi connectivity index (χ0n) is 17.2. The Morgan fingerprint density at radius 3 is 2.70 bits per heavy atom. The molecule has 0 fully saturated rings. The van der Waals surface area contributed by atoms with Crippen molar-refractivity contribution in [3.05, 3.63) is 63.9 Å². The van der Waals surface area contributed by atoms with E-state index < -0.39 is 0 Å².